The fourth-order valence-corrected chi connectivity index (χ4v) is 4.48. The van der Waals surface area contributed by atoms with Crippen molar-refractivity contribution in [3.05, 3.63) is 101 Å². The molecule has 4 aromatic rings. The molecule has 0 radical (unpaired) electrons. The SMILES string of the molecule is Cc1[nH]c(/C=C2\C(=O)Nc3cccc(-c4ccc(-c5ccccc5)cc4)c32)c(C)c1C(=O)O. The normalized spacial score (nSPS) is 13.8. The summed E-state index contributed by atoms with van der Waals surface area (Å²) in [5.74, 6) is -1.19. The molecular weight excluding hydrogens is 412 g/mol. The highest BCUT2D eigenvalue weighted by atomic mass is 16.4. The first-order valence-corrected chi connectivity index (χ1v) is 10.7. The fourth-order valence-electron chi connectivity index (χ4n) is 4.48. The van der Waals surface area contributed by atoms with Gasteiger partial charge in [0.15, 0.2) is 0 Å². The van der Waals surface area contributed by atoms with Gasteiger partial charge in [0.25, 0.3) is 5.91 Å². The van der Waals surface area contributed by atoms with E-state index in [1.54, 1.807) is 19.9 Å². The van der Waals surface area contributed by atoms with Gasteiger partial charge in [0, 0.05) is 22.6 Å². The van der Waals surface area contributed by atoms with Crippen LogP contribution in [-0.4, -0.2) is 22.0 Å². The van der Waals surface area contributed by atoms with Crippen LogP contribution in [0.15, 0.2) is 72.8 Å². The van der Waals surface area contributed by atoms with Crippen LogP contribution in [0.2, 0.25) is 0 Å². The highest BCUT2D eigenvalue weighted by Gasteiger charge is 2.28. The Labute approximate surface area is 191 Å². The second-order valence-corrected chi connectivity index (χ2v) is 8.15. The van der Waals surface area contributed by atoms with Crippen LogP contribution >= 0.6 is 0 Å². The number of H-pyrrole nitrogens is 1. The van der Waals surface area contributed by atoms with Crippen molar-refractivity contribution in [2.24, 2.45) is 0 Å². The third kappa shape index (κ3) is 3.53. The van der Waals surface area contributed by atoms with Gasteiger partial charge in [-0.25, -0.2) is 4.79 Å². The minimum atomic E-state index is -0.985. The van der Waals surface area contributed by atoms with Crippen molar-refractivity contribution in [1.82, 2.24) is 4.98 Å². The fraction of sp³-hybridized carbons (Fsp3) is 0.0714. The summed E-state index contributed by atoms with van der Waals surface area (Å²) in [6, 6.07) is 24.3. The largest absolute Gasteiger partial charge is 0.478 e. The summed E-state index contributed by atoms with van der Waals surface area (Å²) >= 11 is 0. The van der Waals surface area contributed by atoms with E-state index in [0.29, 0.717) is 22.5 Å². The van der Waals surface area contributed by atoms with Crippen molar-refractivity contribution in [2.75, 3.05) is 5.32 Å². The number of hydrogen-bond donors (Lipinski definition) is 3. The van der Waals surface area contributed by atoms with Gasteiger partial charge in [0.1, 0.15) is 0 Å². The molecule has 2 heterocycles. The topological polar surface area (TPSA) is 82.2 Å². The standard InChI is InChI=1S/C28H22N2O3/c1-16-24(29-17(2)25(16)28(32)33)15-22-26-21(9-6-10-23(26)30-27(22)31)20-13-11-19(12-14-20)18-7-4-3-5-8-18/h3-15,29H,1-2H3,(H,30,31)(H,32,33)/b22-15-. The zero-order valence-electron chi connectivity index (χ0n) is 18.3. The van der Waals surface area contributed by atoms with Gasteiger partial charge in [-0.05, 0) is 53.8 Å². The van der Waals surface area contributed by atoms with Crippen LogP contribution < -0.4 is 5.32 Å². The Bertz CT molecular complexity index is 1430. The highest BCUT2D eigenvalue weighted by Crippen LogP contribution is 2.41. The molecule has 0 aliphatic carbocycles. The van der Waals surface area contributed by atoms with Gasteiger partial charge in [-0.15, -0.1) is 0 Å². The lowest BCUT2D eigenvalue weighted by atomic mass is 9.93. The van der Waals surface area contributed by atoms with E-state index >= 15 is 0 Å². The number of aromatic amines is 1. The second kappa shape index (κ2) is 7.95. The first kappa shape index (κ1) is 20.5. The highest BCUT2D eigenvalue weighted by molar-refractivity contribution is 6.36. The van der Waals surface area contributed by atoms with Gasteiger partial charge in [0.05, 0.1) is 11.1 Å². The lowest BCUT2D eigenvalue weighted by molar-refractivity contribution is -0.110. The third-order valence-electron chi connectivity index (χ3n) is 6.11. The predicted molar refractivity (Wildman–Crippen MR) is 131 cm³/mol. The summed E-state index contributed by atoms with van der Waals surface area (Å²) < 4.78 is 0. The van der Waals surface area contributed by atoms with E-state index in [1.165, 1.54) is 0 Å². The summed E-state index contributed by atoms with van der Waals surface area (Å²) in [6.07, 6.45) is 1.75. The molecule has 1 aliphatic heterocycles. The number of carboxylic acid groups (broad SMARTS) is 1. The maximum absolute atomic E-state index is 12.9. The number of carboxylic acids is 1. The Morgan fingerprint density at radius 1 is 0.848 bits per heavy atom. The van der Waals surface area contributed by atoms with Gasteiger partial charge in [-0.3, -0.25) is 4.79 Å². The smallest absolute Gasteiger partial charge is 0.337 e. The number of aromatic nitrogens is 1. The maximum atomic E-state index is 12.9. The Morgan fingerprint density at radius 3 is 2.18 bits per heavy atom. The van der Waals surface area contributed by atoms with Crippen molar-refractivity contribution in [3.63, 3.8) is 0 Å². The molecule has 3 aromatic carbocycles. The first-order valence-electron chi connectivity index (χ1n) is 10.7. The number of nitrogens with one attached hydrogen (secondary N) is 2. The molecule has 5 nitrogen and oxygen atoms in total. The van der Waals surface area contributed by atoms with Gasteiger partial charge in [-0.1, -0.05) is 66.7 Å². The van der Waals surface area contributed by atoms with Crippen LogP contribution in [0.3, 0.4) is 0 Å². The van der Waals surface area contributed by atoms with Gasteiger partial charge in [-0.2, -0.15) is 0 Å². The molecule has 0 spiro atoms. The third-order valence-corrected chi connectivity index (χ3v) is 6.11. The van der Waals surface area contributed by atoms with Gasteiger partial charge < -0.3 is 15.4 Å². The summed E-state index contributed by atoms with van der Waals surface area (Å²) in [6.45, 7) is 3.47. The summed E-state index contributed by atoms with van der Waals surface area (Å²) in [7, 11) is 0. The molecular formula is C28H22N2O3. The Hall–Kier alpha value is -4.38. The van der Waals surface area contributed by atoms with Crippen molar-refractivity contribution >= 4 is 29.2 Å². The number of rotatable bonds is 4. The number of fused-ring (bicyclic) bond motifs is 1. The molecule has 0 unspecified atom stereocenters. The molecule has 1 aliphatic rings. The van der Waals surface area contributed by atoms with Gasteiger partial charge >= 0.3 is 5.97 Å². The van der Waals surface area contributed by atoms with E-state index in [2.05, 4.69) is 46.7 Å². The minimum absolute atomic E-state index is 0.207. The lowest BCUT2D eigenvalue weighted by Crippen LogP contribution is -2.03. The zero-order chi connectivity index (χ0) is 23.1. The van der Waals surface area contributed by atoms with Crippen LogP contribution in [0.25, 0.3) is 33.9 Å². The molecule has 3 N–H and O–H groups in total. The van der Waals surface area contributed by atoms with Crippen molar-refractivity contribution in [1.29, 1.82) is 0 Å². The van der Waals surface area contributed by atoms with Gasteiger partial charge in [0.2, 0.25) is 0 Å². The molecule has 0 atom stereocenters. The van der Waals surface area contributed by atoms with Crippen LogP contribution in [0, 0.1) is 13.8 Å². The van der Waals surface area contributed by atoms with Crippen LogP contribution in [0.5, 0.6) is 0 Å². The van der Waals surface area contributed by atoms with Crippen molar-refractivity contribution in [2.45, 2.75) is 13.8 Å². The van der Waals surface area contributed by atoms with Crippen LogP contribution in [0.1, 0.15) is 32.9 Å². The number of aryl methyl sites for hydroxylation is 1. The zero-order valence-corrected chi connectivity index (χ0v) is 18.3. The Morgan fingerprint density at radius 2 is 1.52 bits per heavy atom. The van der Waals surface area contributed by atoms with E-state index < -0.39 is 5.97 Å². The molecule has 33 heavy (non-hydrogen) atoms. The maximum Gasteiger partial charge on any atom is 0.337 e. The summed E-state index contributed by atoms with van der Waals surface area (Å²) in [4.78, 5) is 27.6. The number of benzene rings is 3. The Kier molecular flexibility index (Phi) is 4.94. The first-order chi connectivity index (χ1) is 15.9. The monoisotopic (exact) mass is 434 g/mol. The molecule has 5 rings (SSSR count). The average Bonchev–Trinajstić information content (AvgIpc) is 3.29. The van der Waals surface area contributed by atoms with Crippen molar-refractivity contribution in [3.8, 4) is 22.3 Å². The second-order valence-electron chi connectivity index (χ2n) is 8.15. The predicted octanol–water partition coefficient (Wildman–Crippen LogP) is 6.16. The number of amides is 1. The van der Waals surface area contributed by atoms with Crippen LogP contribution in [-0.2, 0) is 4.79 Å². The molecule has 0 bridgehead atoms. The lowest BCUT2D eigenvalue weighted by Gasteiger charge is -2.10. The molecule has 0 fully saturated rings. The van der Waals surface area contributed by atoms with Crippen molar-refractivity contribution < 1.29 is 14.7 Å². The quantitative estimate of drug-likeness (QED) is 0.337. The van der Waals surface area contributed by atoms with E-state index in [9.17, 15) is 14.7 Å². The number of aromatic carboxylic acids is 1. The summed E-state index contributed by atoms with van der Waals surface area (Å²) in [5, 5.41) is 12.4. The van der Waals surface area contributed by atoms with E-state index in [-0.39, 0.29) is 11.5 Å². The van der Waals surface area contributed by atoms with E-state index in [0.717, 1.165) is 33.5 Å². The number of carbonyl (C=O) groups is 2. The molecule has 1 amide bonds. The molecule has 162 valence electrons. The molecule has 0 saturated heterocycles. The number of hydrogen-bond acceptors (Lipinski definition) is 2. The summed E-state index contributed by atoms with van der Waals surface area (Å²) in [5.41, 5.74) is 8.32. The van der Waals surface area contributed by atoms with E-state index in [4.69, 9.17) is 0 Å². The molecule has 1 aromatic heterocycles. The Balaban J connectivity index is 1.60. The number of carbonyl (C=O) groups excluding carboxylic acids is 1. The van der Waals surface area contributed by atoms with Crippen LogP contribution in [0.4, 0.5) is 5.69 Å². The molecule has 0 saturated carbocycles. The molecule has 5 heteroatoms. The van der Waals surface area contributed by atoms with E-state index in [1.807, 2.05) is 36.4 Å². The minimum Gasteiger partial charge on any atom is -0.478 e. The number of anilines is 1. The average molecular weight is 434 g/mol.